The molecule has 196 valence electrons. The lowest BCUT2D eigenvalue weighted by Gasteiger charge is -2.16. The summed E-state index contributed by atoms with van der Waals surface area (Å²) in [6.07, 6.45) is 0.229. The average molecular weight is 536 g/mol. The van der Waals surface area contributed by atoms with Crippen LogP contribution in [0.25, 0.3) is 27.9 Å². The van der Waals surface area contributed by atoms with Crippen molar-refractivity contribution in [3.8, 4) is 34.1 Å². The van der Waals surface area contributed by atoms with Crippen LogP contribution in [0.3, 0.4) is 0 Å². The molecule has 0 bridgehead atoms. The molecule has 39 heavy (non-hydrogen) atoms. The lowest BCUT2D eigenvalue weighted by Crippen LogP contribution is -2.14. The molecule has 3 aromatic heterocycles. The number of aromatic nitrogens is 5. The summed E-state index contributed by atoms with van der Waals surface area (Å²) in [5, 5.41) is 7.71. The predicted molar refractivity (Wildman–Crippen MR) is 132 cm³/mol. The third kappa shape index (κ3) is 4.94. The third-order valence-corrected chi connectivity index (χ3v) is 5.96. The van der Waals surface area contributed by atoms with Crippen LogP contribution in [-0.2, 0) is 6.18 Å². The molecular formula is C27H17F5N6O. The Morgan fingerprint density at radius 3 is 2.46 bits per heavy atom. The highest BCUT2D eigenvalue weighted by atomic mass is 19.4. The van der Waals surface area contributed by atoms with Crippen molar-refractivity contribution in [1.82, 2.24) is 24.4 Å². The van der Waals surface area contributed by atoms with Crippen LogP contribution < -0.4 is 5.73 Å². The minimum Gasteiger partial charge on any atom is -0.366 e. The number of benzene rings is 2. The number of carbonyl (C=O) groups is 1. The fourth-order valence-electron chi connectivity index (χ4n) is 4.11. The molecule has 0 atom stereocenters. The number of hydrogen-bond donors (Lipinski definition) is 1. The van der Waals surface area contributed by atoms with Gasteiger partial charge in [0, 0.05) is 34.6 Å². The van der Waals surface area contributed by atoms with Crippen LogP contribution in [0.1, 0.15) is 39.3 Å². The van der Waals surface area contributed by atoms with E-state index >= 15 is 0 Å². The van der Waals surface area contributed by atoms with Gasteiger partial charge in [-0.25, -0.2) is 14.2 Å². The highest BCUT2D eigenvalue weighted by molar-refractivity contribution is 6.02. The Bertz CT molecular complexity index is 1790. The van der Waals surface area contributed by atoms with Gasteiger partial charge in [0.15, 0.2) is 5.65 Å². The van der Waals surface area contributed by atoms with Crippen LogP contribution in [0.4, 0.5) is 22.0 Å². The summed E-state index contributed by atoms with van der Waals surface area (Å²) in [6.45, 7) is -1.29. The molecule has 0 aliphatic carbocycles. The molecule has 0 spiro atoms. The number of fused-ring (bicyclic) bond motifs is 1. The minimum absolute atomic E-state index is 0.0253. The highest BCUT2D eigenvalue weighted by Crippen LogP contribution is 2.39. The predicted octanol–water partition coefficient (Wildman–Crippen LogP) is 5.48. The number of alkyl halides is 5. The molecule has 5 aromatic rings. The van der Waals surface area contributed by atoms with Crippen molar-refractivity contribution in [2.75, 3.05) is 0 Å². The van der Waals surface area contributed by atoms with E-state index in [1.165, 1.54) is 22.8 Å². The van der Waals surface area contributed by atoms with Crippen molar-refractivity contribution >= 4 is 11.6 Å². The van der Waals surface area contributed by atoms with Gasteiger partial charge in [-0.1, -0.05) is 12.0 Å². The van der Waals surface area contributed by atoms with Gasteiger partial charge in [-0.15, -0.1) is 0 Å². The molecule has 2 aromatic carbocycles. The first-order chi connectivity index (χ1) is 18.5. The number of imidazole rings is 1. The van der Waals surface area contributed by atoms with Crippen molar-refractivity contribution in [2.24, 2.45) is 5.73 Å². The number of nitrogens with two attached hydrogens (primary N) is 1. The summed E-state index contributed by atoms with van der Waals surface area (Å²) in [5.74, 6) is 5.00. The Labute approximate surface area is 217 Å². The Morgan fingerprint density at radius 2 is 1.77 bits per heavy atom. The smallest absolute Gasteiger partial charge is 0.366 e. The Kier molecular flexibility index (Phi) is 6.35. The minimum atomic E-state index is -4.78. The molecule has 0 saturated carbocycles. The number of halogens is 5. The molecule has 0 unspecified atom stereocenters. The van der Waals surface area contributed by atoms with Crippen molar-refractivity contribution in [2.45, 2.75) is 19.6 Å². The second kappa shape index (κ2) is 9.68. The largest absolute Gasteiger partial charge is 0.416 e. The maximum Gasteiger partial charge on any atom is 0.416 e. The zero-order chi connectivity index (χ0) is 27.9. The van der Waals surface area contributed by atoms with E-state index in [0.29, 0.717) is 21.6 Å². The molecule has 0 fully saturated rings. The molecule has 7 nitrogen and oxygen atoms in total. The van der Waals surface area contributed by atoms with Gasteiger partial charge in [-0.05, 0) is 65.9 Å². The van der Waals surface area contributed by atoms with Gasteiger partial charge < -0.3 is 5.73 Å². The topological polar surface area (TPSA) is 91.1 Å². The van der Waals surface area contributed by atoms with Crippen molar-refractivity contribution < 1.29 is 26.7 Å². The first kappa shape index (κ1) is 25.6. The molecule has 2 N–H and O–H groups in total. The molecule has 1 amide bonds. The number of carbonyl (C=O) groups excluding carboxylic acids is 1. The van der Waals surface area contributed by atoms with Gasteiger partial charge in [0.25, 0.3) is 0 Å². The second-order valence-corrected chi connectivity index (χ2v) is 8.51. The lowest BCUT2D eigenvalue weighted by molar-refractivity contribution is -0.137. The summed E-state index contributed by atoms with van der Waals surface area (Å²) in [6, 6.07) is 9.46. The van der Waals surface area contributed by atoms with Gasteiger partial charge >= 0.3 is 12.7 Å². The standard InChI is InChI=1S/C27H17F5N6O/c1-15-4-6-22(25(33)39)24(21(15)7-5-20-13-34-23-3-2-8-35-38(20)23)17-9-16(10-19(11-17)27(30,31)32)18-12-36-37(14-18)26(28)29/h2-4,6,8-14,26H,1H3,(H2,33,39). The van der Waals surface area contributed by atoms with Crippen LogP contribution in [0.5, 0.6) is 0 Å². The summed E-state index contributed by atoms with van der Waals surface area (Å²) >= 11 is 0. The number of primary amides is 1. The van der Waals surface area contributed by atoms with Crippen LogP contribution in [0, 0.1) is 18.8 Å². The molecule has 0 radical (unpaired) electrons. The van der Waals surface area contributed by atoms with Gasteiger partial charge in [-0.3, -0.25) is 4.79 Å². The highest BCUT2D eigenvalue weighted by Gasteiger charge is 2.32. The first-order valence-electron chi connectivity index (χ1n) is 11.3. The first-order valence-corrected chi connectivity index (χ1v) is 11.3. The van der Waals surface area contributed by atoms with Gasteiger partial charge in [-0.2, -0.15) is 32.1 Å². The molecule has 5 rings (SSSR count). The Balaban J connectivity index is 1.76. The van der Waals surface area contributed by atoms with Crippen molar-refractivity contribution in [3.63, 3.8) is 0 Å². The van der Waals surface area contributed by atoms with Gasteiger partial charge in [0.1, 0.15) is 5.69 Å². The van der Waals surface area contributed by atoms with Crippen molar-refractivity contribution in [3.05, 3.63) is 95.2 Å². The monoisotopic (exact) mass is 536 g/mol. The number of hydrogen-bond acceptors (Lipinski definition) is 4. The number of aryl methyl sites for hydroxylation is 1. The van der Waals surface area contributed by atoms with E-state index in [2.05, 4.69) is 27.0 Å². The third-order valence-electron chi connectivity index (χ3n) is 5.96. The Hall–Kier alpha value is -5.05. The summed E-state index contributed by atoms with van der Waals surface area (Å²) < 4.78 is 69.9. The van der Waals surface area contributed by atoms with Crippen LogP contribution in [-0.4, -0.2) is 30.3 Å². The fourth-order valence-corrected chi connectivity index (χ4v) is 4.11. The van der Waals surface area contributed by atoms with Crippen molar-refractivity contribution in [1.29, 1.82) is 0 Å². The van der Waals surface area contributed by atoms with Gasteiger partial charge in [0.2, 0.25) is 5.91 Å². The maximum absolute atomic E-state index is 14.0. The van der Waals surface area contributed by atoms with E-state index in [4.69, 9.17) is 5.73 Å². The quantitative estimate of drug-likeness (QED) is 0.243. The summed E-state index contributed by atoms with van der Waals surface area (Å²) in [7, 11) is 0. The SMILES string of the molecule is Cc1ccc(C(N)=O)c(-c2cc(-c3cnn(C(F)F)c3)cc(C(F)(F)F)c2)c1C#Cc1cnc2cccnn12. The number of rotatable bonds is 4. The average Bonchev–Trinajstić information content (AvgIpc) is 3.55. The molecule has 0 aliphatic rings. The van der Waals surface area contributed by atoms with E-state index in [0.717, 1.165) is 24.5 Å². The normalized spacial score (nSPS) is 11.6. The Morgan fingerprint density at radius 1 is 1.00 bits per heavy atom. The zero-order valence-electron chi connectivity index (χ0n) is 20.0. The van der Waals surface area contributed by atoms with Crippen LogP contribution in [0.2, 0.25) is 0 Å². The fraction of sp³-hybridized carbons (Fsp3) is 0.111. The van der Waals surface area contributed by atoms with E-state index in [-0.39, 0.29) is 33.4 Å². The van der Waals surface area contributed by atoms with E-state index < -0.39 is 24.2 Å². The zero-order valence-corrected chi connectivity index (χ0v) is 20.0. The molecule has 3 heterocycles. The molecule has 0 saturated heterocycles. The molecular weight excluding hydrogens is 519 g/mol. The summed E-state index contributed by atoms with van der Waals surface area (Å²) in [4.78, 5) is 16.6. The summed E-state index contributed by atoms with van der Waals surface area (Å²) in [5.41, 5.74) is 6.31. The maximum atomic E-state index is 14.0. The molecule has 12 heteroatoms. The van der Waals surface area contributed by atoms with Crippen LogP contribution >= 0.6 is 0 Å². The number of amides is 1. The van der Waals surface area contributed by atoms with E-state index in [9.17, 15) is 26.7 Å². The number of nitrogens with zero attached hydrogens (tertiary/aromatic N) is 5. The molecule has 0 aliphatic heterocycles. The lowest BCUT2D eigenvalue weighted by atomic mass is 9.88. The second-order valence-electron chi connectivity index (χ2n) is 8.51. The van der Waals surface area contributed by atoms with Crippen LogP contribution in [0.15, 0.2) is 67.3 Å². The van der Waals surface area contributed by atoms with E-state index in [1.807, 2.05) is 0 Å². The van der Waals surface area contributed by atoms with Gasteiger partial charge in [0.05, 0.1) is 18.0 Å². The van der Waals surface area contributed by atoms with E-state index in [1.54, 1.807) is 31.3 Å².